The summed E-state index contributed by atoms with van der Waals surface area (Å²) < 4.78 is 0. The molecule has 0 aliphatic carbocycles. The van der Waals surface area contributed by atoms with Gasteiger partial charge >= 0.3 is 6.03 Å². The topological polar surface area (TPSA) is 98.8 Å². The molecule has 0 unspecified atom stereocenters. The number of carbonyl (C=O) groups excluding carboxylic acids is 4. The second-order valence-corrected chi connectivity index (χ2v) is 8.93. The monoisotopic (exact) mass is 404 g/mol. The first-order chi connectivity index (χ1) is 13.1. The second-order valence-electron chi connectivity index (χ2n) is 7.82. The third-order valence-corrected chi connectivity index (χ3v) is 5.81. The summed E-state index contributed by atoms with van der Waals surface area (Å²) in [5.74, 6) is -0.144. The van der Waals surface area contributed by atoms with Crippen molar-refractivity contribution in [2.24, 2.45) is 0 Å². The second kappa shape index (κ2) is 7.12. The summed E-state index contributed by atoms with van der Waals surface area (Å²) in [6.45, 7) is 6.95. The number of fused-ring (bicyclic) bond motifs is 1. The fourth-order valence-electron chi connectivity index (χ4n) is 3.30. The Kier molecular flexibility index (Phi) is 5.14. The van der Waals surface area contributed by atoms with Gasteiger partial charge in [0.05, 0.1) is 17.1 Å². The summed E-state index contributed by atoms with van der Waals surface area (Å²) in [5.41, 5.74) is -0.645. The molecule has 150 valence electrons. The molecule has 1 fully saturated rings. The van der Waals surface area contributed by atoms with Crippen LogP contribution in [0.1, 0.15) is 27.7 Å². The van der Waals surface area contributed by atoms with Gasteiger partial charge in [-0.05, 0) is 39.8 Å². The molecule has 3 rings (SSSR count). The van der Waals surface area contributed by atoms with Crippen LogP contribution in [-0.2, 0) is 14.4 Å². The van der Waals surface area contributed by atoms with Crippen LogP contribution >= 0.6 is 11.8 Å². The van der Waals surface area contributed by atoms with Crippen LogP contribution in [0.2, 0.25) is 0 Å². The van der Waals surface area contributed by atoms with Crippen LogP contribution < -0.4 is 15.5 Å². The average Bonchev–Trinajstić information content (AvgIpc) is 2.80. The van der Waals surface area contributed by atoms with Crippen molar-refractivity contribution in [3.8, 4) is 0 Å². The molecule has 0 spiro atoms. The molecular formula is C19H24N4O4S. The number of nitrogens with zero attached hydrogens (tertiary/aromatic N) is 2. The third kappa shape index (κ3) is 3.46. The van der Waals surface area contributed by atoms with Crippen molar-refractivity contribution in [2.45, 2.75) is 38.8 Å². The van der Waals surface area contributed by atoms with E-state index in [0.717, 1.165) is 0 Å². The van der Waals surface area contributed by atoms with Crippen molar-refractivity contribution < 1.29 is 19.2 Å². The number of nitrogens with one attached hydrogen (secondary N) is 2. The van der Waals surface area contributed by atoms with Crippen LogP contribution in [-0.4, -0.2) is 57.8 Å². The summed E-state index contributed by atoms with van der Waals surface area (Å²) >= 11 is 1.33. The molecule has 2 aliphatic heterocycles. The molecule has 9 heteroatoms. The van der Waals surface area contributed by atoms with E-state index in [9.17, 15) is 19.2 Å². The van der Waals surface area contributed by atoms with Crippen LogP contribution in [0.15, 0.2) is 24.3 Å². The van der Waals surface area contributed by atoms with Crippen LogP contribution in [0, 0.1) is 0 Å². The van der Waals surface area contributed by atoms with Gasteiger partial charge in [-0.15, -0.1) is 0 Å². The number of carbonyl (C=O) groups is 4. The Morgan fingerprint density at radius 3 is 2.43 bits per heavy atom. The summed E-state index contributed by atoms with van der Waals surface area (Å²) in [5, 5.41) is 5.46. The summed E-state index contributed by atoms with van der Waals surface area (Å²) in [7, 11) is 0. The van der Waals surface area contributed by atoms with E-state index in [-0.39, 0.29) is 30.0 Å². The minimum Gasteiger partial charge on any atom is -0.324 e. The van der Waals surface area contributed by atoms with Gasteiger partial charge in [0.1, 0.15) is 11.1 Å². The van der Waals surface area contributed by atoms with Gasteiger partial charge in [-0.25, -0.2) is 4.79 Å². The van der Waals surface area contributed by atoms with Crippen molar-refractivity contribution in [3.05, 3.63) is 24.3 Å². The normalized spacial score (nSPS) is 19.9. The minimum atomic E-state index is -1.01. The van der Waals surface area contributed by atoms with Crippen molar-refractivity contribution >= 4 is 46.9 Å². The quantitative estimate of drug-likeness (QED) is 0.576. The maximum absolute atomic E-state index is 12.9. The Morgan fingerprint density at radius 2 is 1.79 bits per heavy atom. The zero-order valence-corrected chi connectivity index (χ0v) is 17.2. The van der Waals surface area contributed by atoms with Gasteiger partial charge in [-0.3, -0.25) is 24.2 Å². The zero-order chi connectivity index (χ0) is 20.7. The number of thioether (sulfide) groups is 1. The molecule has 0 atom stereocenters. The lowest BCUT2D eigenvalue weighted by Gasteiger charge is -2.42. The largest absolute Gasteiger partial charge is 0.325 e. The summed E-state index contributed by atoms with van der Waals surface area (Å²) in [6, 6.07) is 6.77. The highest BCUT2D eigenvalue weighted by molar-refractivity contribution is 7.99. The predicted molar refractivity (Wildman–Crippen MR) is 108 cm³/mol. The molecule has 5 amide bonds. The highest BCUT2D eigenvalue weighted by Crippen LogP contribution is 2.37. The van der Waals surface area contributed by atoms with E-state index in [0.29, 0.717) is 17.1 Å². The molecule has 0 bridgehead atoms. The lowest BCUT2D eigenvalue weighted by Crippen LogP contribution is -2.59. The van der Waals surface area contributed by atoms with Crippen LogP contribution in [0.5, 0.6) is 0 Å². The van der Waals surface area contributed by atoms with E-state index >= 15 is 0 Å². The Hall–Kier alpha value is -2.55. The first kappa shape index (κ1) is 20.2. The van der Waals surface area contributed by atoms with Gasteiger partial charge in [-0.2, -0.15) is 11.8 Å². The van der Waals surface area contributed by atoms with Crippen LogP contribution in [0.3, 0.4) is 0 Å². The van der Waals surface area contributed by atoms with E-state index in [4.69, 9.17) is 0 Å². The average molecular weight is 404 g/mol. The third-order valence-electron chi connectivity index (χ3n) is 4.89. The van der Waals surface area contributed by atoms with E-state index in [2.05, 4.69) is 10.6 Å². The fraction of sp³-hybridized carbons (Fsp3) is 0.474. The van der Waals surface area contributed by atoms with Crippen molar-refractivity contribution in [2.75, 3.05) is 28.3 Å². The summed E-state index contributed by atoms with van der Waals surface area (Å²) in [4.78, 5) is 52.1. The molecule has 1 saturated heterocycles. The lowest BCUT2D eigenvalue weighted by atomic mass is 9.96. The number of benzene rings is 1. The van der Waals surface area contributed by atoms with Gasteiger partial charge in [0.15, 0.2) is 0 Å². The van der Waals surface area contributed by atoms with Gasteiger partial charge in [0.25, 0.3) is 5.91 Å². The van der Waals surface area contributed by atoms with Crippen molar-refractivity contribution in [1.82, 2.24) is 10.2 Å². The number of amides is 5. The minimum absolute atomic E-state index is 0.137. The lowest BCUT2D eigenvalue weighted by molar-refractivity contribution is -0.130. The van der Waals surface area contributed by atoms with Gasteiger partial charge < -0.3 is 10.6 Å². The number of anilines is 2. The number of rotatable bonds is 5. The fourth-order valence-corrected chi connectivity index (χ4v) is 4.06. The van der Waals surface area contributed by atoms with Crippen molar-refractivity contribution in [3.63, 3.8) is 0 Å². The SMILES string of the molecule is CC1(C)NC(=O)N(CCSCC(=O)N2c3ccccc3NC(=O)C2(C)C)C1=O. The molecule has 2 aliphatic rings. The standard InChI is InChI=1S/C19H24N4O4S/c1-18(2)16(26)22(17(27)21-18)9-10-28-11-14(24)23-13-8-6-5-7-12(13)20-15(25)19(23,3)4/h5-8H,9-11H2,1-4H3,(H,20,25)(H,21,27). The molecule has 0 saturated carbocycles. The zero-order valence-electron chi connectivity index (χ0n) is 16.4. The summed E-state index contributed by atoms with van der Waals surface area (Å²) in [6.07, 6.45) is 0. The van der Waals surface area contributed by atoms with Gasteiger partial charge in [-0.1, -0.05) is 12.1 Å². The molecule has 1 aromatic carbocycles. The molecule has 0 aromatic heterocycles. The number of urea groups is 1. The maximum atomic E-state index is 12.9. The number of imide groups is 1. The maximum Gasteiger partial charge on any atom is 0.325 e. The Labute approximate surface area is 168 Å². The highest BCUT2D eigenvalue weighted by Gasteiger charge is 2.45. The molecule has 28 heavy (non-hydrogen) atoms. The van der Waals surface area contributed by atoms with E-state index < -0.39 is 17.1 Å². The van der Waals surface area contributed by atoms with Gasteiger partial charge in [0.2, 0.25) is 11.8 Å². The first-order valence-corrected chi connectivity index (χ1v) is 10.2. The van der Waals surface area contributed by atoms with E-state index in [1.54, 1.807) is 45.9 Å². The number of hydrogen-bond donors (Lipinski definition) is 2. The molecule has 8 nitrogen and oxygen atoms in total. The molecule has 2 heterocycles. The van der Waals surface area contributed by atoms with E-state index in [1.807, 2.05) is 6.07 Å². The van der Waals surface area contributed by atoms with Gasteiger partial charge in [0, 0.05) is 12.3 Å². The van der Waals surface area contributed by atoms with Crippen LogP contribution in [0.25, 0.3) is 0 Å². The number of hydrogen-bond acceptors (Lipinski definition) is 5. The van der Waals surface area contributed by atoms with Crippen molar-refractivity contribution in [1.29, 1.82) is 0 Å². The molecule has 2 N–H and O–H groups in total. The number of para-hydroxylation sites is 2. The Balaban J connectivity index is 1.63. The molecule has 1 aromatic rings. The van der Waals surface area contributed by atoms with Crippen LogP contribution in [0.4, 0.5) is 16.2 Å². The molecule has 0 radical (unpaired) electrons. The predicted octanol–water partition coefficient (Wildman–Crippen LogP) is 1.81. The Bertz CT molecular complexity index is 852. The first-order valence-electron chi connectivity index (χ1n) is 9.01. The Morgan fingerprint density at radius 1 is 1.11 bits per heavy atom. The smallest absolute Gasteiger partial charge is 0.324 e. The molecular weight excluding hydrogens is 380 g/mol. The van der Waals surface area contributed by atoms with E-state index in [1.165, 1.54) is 21.6 Å². The highest BCUT2D eigenvalue weighted by atomic mass is 32.2.